The van der Waals surface area contributed by atoms with Crippen LogP contribution in [-0.2, 0) is 19.9 Å². The van der Waals surface area contributed by atoms with Crippen LogP contribution in [0.1, 0.15) is 24.0 Å². The van der Waals surface area contributed by atoms with Crippen molar-refractivity contribution in [3.63, 3.8) is 0 Å². The first kappa shape index (κ1) is 15.6. The predicted molar refractivity (Wildman–Crippen MR) is 90.7 cm³/mol. The first-order chi connectivity index (χ1) is 11.6. The Morgan fingerprint density at radius 3 is 2.21 bits per heavy atom. The lowest BCUT2D eigenvalue weighted by Gasteiger charge is -2.33. The number of rotatable bonds is 2. The van der Waals surface area contributed by atoms with Gasteiger partial charge in [0.15, 0.2) is 0 Å². The zero-order valence-electron chi connectivity index (χ0n) is 13.1. The summed E-state index contributed by atoms with van der Waals surface area (Å²) >= 11 is 6.02. The molecule has 2 saturated heterocycles. The van der Waals surface area contributed by atoms with Crippen LogP contribution in [0.3, 0.4) is 0 Å². The lowest BCUT2D eigenvalue weighted by molar-refractivity contribution is -0.198. The average Bonchev–Trinajstić information content (AvgIpc) is 2.90. The molecule has 0 saturated carbocycles. The SMILES string of the molecule is O=C1OC2(CCNCC2)OC1(c1ccccc1)c1ccc(Cl)cc1. The molecule has 1 unspecified atom stereocenters. The number of piperidine rings is 1. The first-order valence-electron chi connectivity index (χ1n) is 8.11. The topological polar surface area (TPSA) is 47.6 Å². The van der Waals surface area contributed by atoms with Gasteiger partial charge in [-0.2, -0.15) is 0 Å². The Morgan fingerprint density at radius 2 is 1.54 bits per heavy atom. The fourth-order valence-corrected chi connectivity index (χ4v) is 3.60. The van der Waals surface area contributed by atoms with Crippen LogP contribution in [0.2, 0.25) is 5.02 Å². The van der Waals surface area contributed by atoms with E-state index in [1.807, 2.05) is 42.5 Å². The molecule has 24 heavy (non-hydrogen) atoms. The van der Waals surface area contributed by atoms with Crippen LogP contribution in [-0.4, -0.2) is 24.8 Å². The molecule has 0 bridgehead atoms. The third-order valence-electron chi connectivity index (χ3n) is 4.70. The van der Waals surface area contributed by atoms with Crippen LogP contribution in [0.25, 0.3) is 0 Å². The molecule has 4 rings (SSSR count). The Bertz CT molecular complexity index is 741. The molecule has 5 heteroatoms. The molecule has 2 aromatic rings. The van der Waals surface area contributed by atoms with Gasteiger partial charge in [0.1, 0.15) is 0 Å². The summed E-state index contributed by atoms with van der Waals surface area (Å²) in [5.74, 6) is -1.23. The number of ether oxygens (including phenoxy) is 2. The van der Waals surface area contributed by atoms with Gasteiger partial charge in [-0.05, 0) is 23.3 Å². The number of hydrogen-bond donors (Lipinski definition) is 1. The maximum Gasteiger partial charge on any atom is 0.350 e. The van der Waals surface area contributed by atoms with Crippen LogP contribution in [0.15, 0.2) is 54.6 Å². The summed E-state index contributed by atoms with van der Waals surface area (Å²) in [6, 6.07) is 16.7. The van der Waals surface area contributed by atoms with Crippen molar-refractivity contribution in [2.75, 3.05) is 13.1 Å². The standard InChI is InChI=1S/C19H18ClNO3/c20-16-8-6-15(7-9-16)19(14-4-2-1-3-5-14)17(22)23-18(24-19)10-12-21-13-11-18/h1-9,21H,10-13H2. The van der Waals surface area contributed by atoms with Crippen LogP contribution in [0, 0.1) is 0 Å². The Labute approximate surface area is 145 Å². The van der Waals surface area contributed by atoms with Crippen molar-refractivity contribution in [3.05, 3.63) is 70.7 Å². The van der Waals surface area contributed by atoms with Gasteiger partial charge in [-0.25, -0.2) is 4.79 Å². The van der Waals surface area contributed by atoms with E-state index in [0.29, 0.717) is 17.9 Å². The fourth-order valence-electron chi connectivity index (χ4n) is 3.47. The summed E-state index contributed by atoms with van der Waals surface area (Å²) in [4.78, 5) is 13.1. The summed E-state index contributed by atoms with van der Waals surface area (Å²) < 4.78 is 12.3. The van der Waals surface area contributed by atoms with Crippen molar-refractivity contribution in [1.29, 1.82) is 0 Å². The summed E-state index contributed by atoms with van der Waals surface area (Å²) in [5.41, 5.74) is 0.259. The molecule has 2 fully saturated rings. The minimum absolute atomic E-state index is 0.363. The number of esters is 1. The van der Waals surface area contributed by atoms with Crippen LogP contribution in [0.4, 0.5) is 0 Å². The number of carbonyl (C=O) groups is 1. The van der Waals surface area contributed by atoms with E-state index in [0.717, 1.165) is 24.2 Å². The summed E-state index contributed by atoms with van der Waals surface area (Å²) in [6.45, 7) is 1.53. The van der Waals surface area contributed by atoms with Gasteiger partial charge in [-0.15, -0.1) is 0 Å². The van der Waals surface area contributed by atoms with Gasteiger partial charge in [0.2, 0.25) is 11.4 Å². The molecule has 1 atom stereocenters. The van der Waals surface area contributed by atoms with Gasteiger partial charge in [0.05, 0.1) is 0 Å². The van der Waals surface area contributed by atoms with Gasteiger partial charge >= 0.3 is 5.97 Å². The fraction of sp³-hybridized carbons (Fsp3) is 0.316. The molecule has 0 amide bonds. The molecule has 2 aromatic carbocycles. The monoisotopic (exact) mass is 343 g/mol. The van der Waals surface area contributed by atoms with E-state index in [-0.39, 0.29) is 5.97 Å². The molecule has 0 aromatic heterocycles. The normalized spacial score (nSPS) is 25.6. The Kier molecular flexibility index (Phi) is 3.83. The number of hydrogen-bond acceptors (Lipinski definition) is 4. The van der Waals surface area contributed by atoms with E-state index in [4.69, 9.17) is 21.1 Å². The van der Waals surface area contributed by atoms with Gasteiger partial charge < -0.3 is 14.8 Å². The first-order valence-corrected chi connectivity index (χ1v) is 8.48. The zero-order chi connectivity index (χ0) is 16.6. The molecule has 4 nitrogen and oxygen atoms in total. The van der Waals surface area contributed by atoms with Crippen molar-refractivity contribution in [1.82, 2.24) is 5.32 Å². The second kappa shape index (κ2) is 5.88. The lowest BCUT2D eigenvalue weighted by atomic mass is 9.86. The van der Waals surface area contributed by atoms with Crippen LogP contribution >= 0.6 is 11.6 Å². The van der Waals surface area contributed by atoms with Crippen LogP contribution in [0.5, 0.6) is 0 Å². The average molecular weight is 344 g/mol. The van der Waals surface area contributed by atoms with E-state index < -0.39 is 11.4 Å². The van der Waals surface area contributed by atoms with E-state index in [1.54, 1.807) is 12.1 Å². The van der Waals surface area contributed by atoms with Gasteiger partial charge in [0, 0.05) is 31.0 Å². The maximum absolute atomic E-state index is 13.1. The molecule has 0 aliphatic carbocycles. The smallest absolute Gasteiger partial charge is 0.350 e. The highest BCUT2D eigenvalue weighted by atomic mass is 35.5. The van der Waals surface area contributed by atoms with E-state index >= 15 is 0 Å². The third kappa shape index (κ3) is 2.42. The zero-order valence-corrected chi connectivity index (χ0v) is 13.9. The third-order valence-corrected chi connectivity index (χ3v) is 4.95. The molecule has 124 valence electrons. The van der Waals surface area contributed by atoms with Crippen molar-refractivity contribution >= 4 is 17.6 Å². The summed E-state index contributed by atoms with van der Waals surface area (Å²) in [6.07, 6.45) is 1.28. The van der Waals surface area contributed by atoms with E-state index in [2.05, 4.69) is 5.32 Å². The van der Waals surface area contributed by atoms with Crippen molar-refractivity contribution in [3.8, 4) is 0 Å². The predicted octanol–water partition coefficient (Wildman–Crippen LogP) is 3.24. The Hall–Kier alpha value is -1.88. The molecule has 2 heterocycles. The molecule has 2 aliphatic heterocycles. The van der Waals surface area contributed by atoms with Gasteiger partial charge in [-0.3, -0.25) is 0 Å². The number of nitrogens with one attached hydrogen (secondary N) is 1. The van der Waals surface area contributed by atoms with Crippen molar-refractivity contribution in [2.24, 2.45) is 0 Å². The van der Waals surface area contributed by atoms with Gasteiger partial charge in [0.25, 0.3) is 0 Å². The highest BCUT2D eigenvalue weighted by molar-refractivity contribution is 6.30. The number of carbonyl (C=O) groups excluding carboxylic acids is 1. The second-order valence-electron chi connectivity index (χ2n) is 6.21. The maximum atomic E-state index is 13.1. The minimum Gasteiger partial charge on any atom is -0.430 e. The molecule has 1 N–H and O–H groups in total. The molecule has 2 aliphatic rings. The van der Waals surface area contributed by atoms with Crippen molar-refractivity contribution in [2.45, 2.75) is 24.2 Å². The lowest BCUT2D eigenvalue weighted by Crippen LogP contribution is -2.44. The molecular formula is C19H18ClNO3. The molecular weight excluding hydrogens is 326 g/mol. The quantitative estimate of drug-likeness (QED) is 0.850. The Balaban J connectivity index is 1.85. The molecule has 0 radical (unpaired) electrons. The van der Waals surface area contributed by atoms with E-state index in [1.165, 1.54) is 0 Å². The number of benzene rings is 2. The highest BCUT2D eigenvalue weighted by Gasteiger charge is 2.60. The Morgan fingerprint density at radius 1 is 0.917 bits per heavy atom. The van der Waals surface area contributed by atoms with E-state index in [9.17, 15) is 4.79 Å². The minimum atomic E-state index is -1.25. The largest absolute Gasteiger partial charge is 0.430 e. The van der Waals surface area contributed by atoms with Gasteiger partial charge in [-0.1, -0.05) is 54.1 Å². The summed E-state index contributed by atoms with van der Waals surface area (Å²) in [7, 11) is 0. The van der Waals surface area contributed by atoms with Crippen LogP contribution < -0.4 is 5.32 Å². The molecule has 1 spiro atoms. The van der Waals surface area contributed by atoms with Crippen molar-refractivity contribution < 1.29 is 14.3 Å². The highest BCUT2D eigenvalue weighted by Crippen LogP contribution is 2.48. The second-order valence-corrected chi connectivity index (χ2v) is 6.64. The number of halogens is 1. The summed E-state index contributed by atoms with van der Waals surface area (Å²) in [5, 5.41) is 3.89.